The highest BCUT2D eigenvalue weighted by Gasteiger charge is 2.26. The maximum Gasteiger partial charge on any atom is 0.251 e. The Labute approximate surface area is 114 Å². The molecule has 18 heavy (non-hydrogen) atoms. The van der Waals surface area contributed by atoms with Gasteiger partial charge in [-0.05, 0) is 31.0 Å². The molecule has 1 aromatic carbocycles. The summed E-state index contributed by atoms with van der Waals surface area (Å²) < 4.78 is 18.3. The number of alkyl halides is 1. The average Bonchev–Trinajstić information content (AvgIpc) is 2.75. The predicted molar refractivity (Wildman–Crippen MR) is 70.8 cm³/mol. The third-order valence-corrected chi connectivity index (χ3v) is 4.26. The van der Waals surface area contributed by atoms with Crippen LogP contribution in [0.3, 0.4) is 0 Å². The van der Waals surface area contributed by atoms with Crippen LogP contribution in [0.4, 0.5) is 4.39 Å². The summed E-state index contributed by atoms with van der Waals surface area (Å²) in [4.78, 5) is 12.3. The summed E-state index contributed by atoms with van der Waals surface area (Å²) in [6.45, 7) is 0. The van der Waals surface area contributed by atoms with Gasteiger partial charge in [-0.2, -0.15) is 0 Å². The zero-order valence-electron chi connectivity index (χ0n) is 10.1. The summed E-state index contributed by atoms with van der Waals surface area (Å²) in [6.07, 6.45) is 3.11. The van der Waals surface area contributed by atoms with Crippen LogP contribution in [0.15, 0.2) is 18.2 Å². The topological polar surface area (TPSA) is 38.3 Å². The Morgan fingerprint density at radius 1 is 1.50 bits per heavy atom. The fraction of sp³-hybridized carbons (Fsp3) is 0.462. The number of carbonyl (C=O) groups excluding carboxylic acids is 1. The molecule has 98 valence electrons. The van der Waals surface area contributed by atoms with Crippen molar-refractivity contribution in [2.24, 2.45) is 0 Å². The Balaban J connectivity index is 2.07. The van der Waals surface area contributed by atoms with Gasteiger partial charge in [0.1, 0.15) is 0 Å². The van der Waals surface area contributed by atoms with Gasteiger partial charge in [-0.15, -0.1) is 0 Å². The van der Waals surface area contributed by atoms with E-state index in [9.17, 15) is 9.18 Å². The molecular weight excluding hydrogens is 301 g/mol. The molecule has 2 unspecified atom stereocenters. The number of rotatable bonds is 3. The molecule has 1 aromatic rings. The Morgan fingerprint density at radius 2 is 2.28 bits per heavy atom. The predicted octanol–water partition coefficient (Wildman–Crippen LogP) is 2.88. The van der Waals surface area contributed by atoms with Crippen LogP contribution in [0.25, 0.3) is 0 Å². The third-order valence-electron chi connectivity index (χ3n) is 3.16. The molecule has 2 rings (SSSR count). The van der Waals surface area contributed by atoms with Crippen molar-refractivity contribution in [1.29, 1.82) is 0 Å². The van der Waals surface area contributed by atoms with Gasteiger partial charge in [0, 0.05) is 16.4 Å². The Kier molecular flexibility index (Phi) is 4.22. The van der Waals surface area contributed by atoms with Crippen LogP contribution in [0.2, 0.25) is 0 Å². The van der Waals surface area contributed by atoms with Crippen LogP contribution < -0.4 is 10.1 Å². The molecule has 3 nitrogen and oxygen atoms in total. The molecule has 1 amide bonds. The van der Waals surface area contributed by atoms with E-state index in [1.54, 1.807) is 6.07 Å². The minimum atomic E-state index is -0.521. The highest BCUT2D eigenvalue weighted by molar-refractivity contribution is 9.09. The highest BCUT2D eigenvalue weighted by Crippen LogP contribution is 2.26. The number of carbonyl (C=O) groups is 1. The lowest BCUT2D eigenvalue weighted by Crippen LogP contribution is -2.37. The summed E-state index contributed by atoms with van der Waals surface area (Å²) in [5.41, 5.74) is 0.319. The fourth-order valence-electron chi connectivity index (χ4n) is 2.14. The summed E-state index contributed by atoms with van der Waals surface area (Å²) in [5.74, 6) is -0.620. The van der Waals surface area contributed by atoms with Crippen LogP contribution >= 0.6 is 15.9 Å². The van der Waals surface area contributed by atoms with Crippen LogP contribution in [0.1, 0.15) is 29.6 Å². The fourth-order valence-corrected chi connectivity index (χ4v) is 2.86. The summed E-state index contributed by atoms with van der Waals surface area (Å²) in [7, 11) is 1.39. The van der Waals surface area contributed by atoms with Crippen LogP contribution in [-0.2, 0) is 0 Å². The minimum absolute atomic E-state index is 0.127. The smallest absolute Gasteiger partial charge is 0.251 e. The van der Waals surface area contributed by atoms with Crippen molar-refractivity contribution in [1.82, 2.24) is 5.32 Å². The van der Waals surface area contributed by atoms with Gasteiger partial charge in [-0.1, -0.05) is 22.4 Å². The number of halogens is 2. The summed E-state index contributed by atoms with van der Waals surface area (Å²) >= 11 is 3.53. The first kappa shape index (κ1) is 13.3. The number of nitrogens with one attached hydrogen (secondary N) is 1. The van der Waals surface area contributed by atoms with Crippen LogP contribution in [0.5, 0.6) is 5.75 Å². The van der Waals surface area contributed by atoms with E-state index in [0.29, 0.717) is 10.4 Å². The third kappa shape index (κ3) is 2.83. The second kappa shape index (κ2) is 5.69. The first-order chi connectivity index (χ1) is 8.61. The van der Waals surface area contributed by atoms with Crippen molar-refractivity contribution in [3.8, 4) is 5.75 Å². The number of ether oxygens (including phenoxy) is 1. The average molecular weight is 316 g/mol. The molecule has 0 bridgehead atoms. The van der Waals surface area contributed by atoms with Crippen LogP contribution in [-0.4, -0.2) is 23.9 Å². The molecule has 1 aliphatic rings. The van der Waals surface area contributed by atoms with E-state index in [-0.39, 0.29) is 17.7 Å². The second-order valence-corrected chi connectivity index (χ2v) is 5.55. The molecule has 0 aliphatic heterocycles. The van der Waals surface area contributed by atoms with Gasteiger partial charge in [0.15, 0.2) is 11.6 Å². The van der Waals surface area contributed by atoms with E-state index in [1.165, 1.54) is 19.2 Å². The Bertz CT molecular complexity index is 453. The van der Waals surface area contributed by atoms with Gasteiger partial charge in [-0.3, -0.25) is 4.79 Å². The molecule has 1 aliphatic carbocycles. The largest absolute Gasteiger partial charge is 0.494 e. The van der Waals surface area contributed by atoms with E-state index in [2.05, 4.69) is 21.2 Å². The highest BCUT2D eigenvalue weighted by atomic mass is 79.9. The van der Waals surface area contributed by atoms with Crippen LogP contribution in [0, 0.1) is 5.82 Å². The van der Waals surface area contributed by atoms with Gasteiger partial charge in [-0.25, -0.2) is 4.39 Å². The Hall–Kier alpha value is -1.10. The zero-order valence-corrected chi connectivity index (χ0v) is 11.7. The van der Waals surface area contributed by atoms with E-state index < -0.39 is 5.82 Å². The van der Waals surface area contributed by atoms with Crippen molar-refractivity contribution < 1.29 is 13.9 Å². The van der Waals surface area contributed by atoms with Crippen molar-refractivity contribution in [2.45, 2.75) is 30.1 Å². The maximum absolute atomic E-state index is 13.5. The lowest BCUT2D eigenvalue weighted by Gasteiger charge is -2.16. The molecule has 0 saturated heterocycles. The molecule has 1 N–H and O–H groups in total. The molecule has 1 saturated carbocycles. The molecule has 1 fully saturated rings. The van der Waals surface area contributed by atoms with Gasteiger partial charge in [0.25, 0.3) is 5.91 Å². The summed E-state index contributed by atoms with van der Waals surface area (Å²) in [6, 6.07) is 4.36. The quantitative estimate of drug-likeness (QED) is 0.871. The van der Waals surface area contributed by atoms with E-state index in [0.717, 1.165) is 19.3 Å². The molecule has 0 heterocycles. The molecule has 0 spiro atoms. The standard InChI is InChI=1S/C13H15BrFNO2/c1-18-12-6-5-8(7-10(12)15)13(17)16-11-4-2-3-9(11)14/h5-7,9,11H,2-4H2,1H3,(H,16,17). The molecule has 0 radical (unpaired) electrons. The van der Waals surface area contributed by atoms with Gasteiger partial charge < -0.3 is 10.1 Å². The number of hydrogen-bond acceptors (Lipinski definition) is 2. The van der Waals surface area contributed by atoms with Gasteiger partial charge in [0.2, 0.25) is 0 Å². The minimum Gasteiger partial charge on any atom is -0.494 e. The number of benzene rings is 1. The lowest BCUT2D eigenvalue weighted by molar-refractivity contribution is 0.0938. The SMILES string of the molecule is COc1ccc(C(=O)NC2CCCC2Br)cc1F. The van der Waals surface area contributed by atoms with Gasteiger partial charge >= 0.3 is 0 Å². The summed E-state index contributed by atoms with van der Waals surface area (Å²) in [5, 5.41) is 2.92. The maximum atomic E-state index is 13.5. The van der Waals surface area contributed by atoms with Crippen molar-refractivity contribution in [3.05, 3.63) is 29.6 Å². The second-order valence-electron chi connectivity index (χ2n) is 4.38. The molecule has 5 heteroatoms. The zero-order chi connectivity index (χ0) is 13.1. The van der Waals surface area contributed by atoms with E-state index >= 15 is 0 Å². The first-order valence-corrected chi connectivity index (χ1v) is 6.82. The van der Waals surface area contributed by atoms with Crippen molar-refractivity contribution in [3.63, 3.8) is 0 Å². The molecule has 2 atom stereocenters. The Morgan fingerprint density at radius 3 is 2.83 bits per heavy atom. The lowest BCUT2D eigenvalue weighted by atomic mass is 10.1. The number of amides is 1. The van der Waals surface area contributed by atoms with Crippen molar-refractivity contribution in [2.75, 3.05) is 7.11 Å². The first-order valence-electron chi connectivity index (χ1n) is 5.90. The normalized spacial score (nSPS) is 22.8. The van der Waals surface area contributed by atoms with E-state index in [1.807, 2.05) is 0 Å². The van der Waals surface area contributed by atoms with Gasteiger partial charge in [0.05, 0.1) is 7.11 Å². The molecular formula is C13H15BrFNO2. The van der Waals surface area contributed by atoms with Crippen molar-refractivity contribution >= 4 is 21.8 Å². The number of methoxy groups -OCH3 is 1. The monoisotopic (exact) mass is 315 g/mol. The number of hydrogen-bond donors (Lipinski definition) is 1. The van der Waals surface area contributed by atoms with E-state index in [4.69, 9.17) is 4.74 Å². The molecule has 0 aromatic heterocycles.